The monoisotopic (exact) mass is 656 g/mol. The fourth-order valence-electron chi connectivity index (χ4n) is 2.85. The van der Waals surface area contributed by atoms with E-state index in [0.717, 1.165) is 6.08 Å². The molecule has 2 N–H and O–H groups in total. The molecule has 33 heavy (non-hydrogen) atoms. The maximum absolute atomic E-state index is 13.7. The van der Waals surface area contributed by atoms with Crippen molar-refractivity contribution in [2.45, 2.75) is 25.1 Å². The number of hydrogen-bond donors (Lipinski definition) is 2. The van der Waals surface area contributed by atoms with Gasteiger partial charge >= 0.3 is 6.18 Å². The summed E-state index contributed by atoms with van der Waals surface area (Å²) in [5.74, 6) is -2.93. The average molecular weight is 659 g/mol. The van der Waals surface area contributed by atoms with E-state index in [1.54, 1.807) is 6.07 Å². The Hall–Kier alpha value is -1.72. The molecule has 0 radical (unpaired) electrons. The van der Waals surface area contributed by atoms with Gasteiger partial charge in [0, 0.05) is 20.0 Å². The number of halogens is 7. The highest BCUT2D eigenvalue weighted by Crippen LogP contribution is 2.38. The van der Waals surface area contributed by atoms with Crippen molar-refractivity contribution in [3.63, 3.8) is 0 Å². The molecule has 2 aromatic rings. The molecule has 11 heteroatoms. The van der Waals surface area contributed by atoms with Crippen LogP contribution in [0.4, 0.5) is 17.6 Å². The molecule has 2 aromatic carbocycles. The molecule has 2 unspecified atom stereocenters. The lowest BCUT2D eigenvalue weighted by Crippen LogP contribution is -2.45. The first-order chi connectivity index (χ1) is 15.4. The van der Waals surface area contributed by atoms with E-state index < -0.39 is 36.6 Å². The van der Waals surface area contributed by atoms with E-state index in [1.807, 2.05) is 0 Å². The Morgan fingerprint density at radius 2 is 1.70 bits per heavy atom. The predicted octanol–water partition coefficient (Wildman–Crippen LogP) is 6.54. The zero-order valence-electron chi connectivity index (χ0n) is 17.1. The molecule has 0 spiro atoms. The Morgan fingerprint density at radius 3 is 2.24 bits per heavy atom. The molecule has 0 aromatic heterocycles. The van der Waals surface area contributed by atoms with Crippen molar-refractivity contribution in [1.82, 2.24) is 10.6 Å². The molecular formula is C22H19Br3F4N2O2. The molecule has 0 aliphatic rings. The van der Waals surface area contributed by atoms with Gasteiger partial charge < -0.3 is 10.6 Å². The van der Waals surface area contributed by atoms with Crippen molar-refractivity contribution in [3.05, 3.63) is 72.6 Å². The molecule has 2 atom stereocenters. The summed E-state index contributed by atoms with van der Waals surface area (Å²) in [7, 11) is 0. The van der Waals surface area contributed by atoms with Crippen LogP contribution in [0.5, 0.6) is 0 Å². The van der Waals surface area contributed by atoms with Crippen LogP contribution in [0.25, 0.3) is 6.08 Å². The maximum Gasteiger partial charge on any atom is 0.399 e. The SMILES string of the molecule is CC(NC(=O)c1ccc(/C=C/C(c2cc(Br)cc(Br)c2)C(F)(F)F)cc1Br)C(=O)NCCF. The molecule has 0 fully saturated rings. The number of amides is 2. The van der Waals surface area contributed by atoms with Crippen molar-refractivity contribution < 1.29 is 27.2 Å². The predicted molar refractivity (Wildman–Crippen MR) is 130 cm³/mol. The summed E-state index contributed by atoms with van der Waals surface area (Å²) in [4.78, 5) is 24.2. The van der Waals surface area contributed by atoms with Gasteiger partial charge in [0.1, 0.15) is 12.7 Å². The number of alkyl halides is 4. The van der Waals surface area contributed by atoms with E-state index in [0.29, 0.717) is 19.0 Å². The quantitative estimate of drug-likeness (QED) is 0.317. The Morgan fingerprint density at radius 1 is 1.06 bits per heavy atom. The van der Waals surface area contributed by atoms with Crippen LogP contribution in [0.2, 0.25) is 0 Å². The summed E-state index contributed by atoms with van der Waals surface area (Å²) < 4.78 is 54.6. The summed E-state index contributed by atoms with van der Waals surface area (Å²) in [6.45, 7) is 0.578. The zero-order valence-corrected chi connectivity index (χ0v) is 21.9. The second-order valence-corrected chi connectivity index (χ2v) is 9.68. The number of nitrogens with one attached hydrogen (secondary N) is 2. The molecule has 0 aliphatic heterocycles. The standard InChI is InChI=1S/C22H19Br3F4N2O2/c1-12(20(32)30-7-6-26)31-21(33)17-4-2-13(8-19(17)25)3-5-18(22(27,28)29)14-9-15(23)11-16(24)10-14/h2-5,8-12,18H,6-7H2,1H3,(H,30,32)(H,31,33)/b5-3+. The number of benzene rings is 2. The van der Waals surface area contributed by atoms with Crippen LogP contribution in [-0.4, -0.2) is 37.3 Å². The summed E-state index contributed by atoms with van der Waals surface area (Å²) in [6, 6.07) is 7.99. The van der Waals surface area contributed by atoms with Crippen molar-refractivity contribution in [2.75, 3.05) is 13.2 Å². The molecule has 178 valence electrons. The minimum Gasteiger partial charge on any atom is -0.352 e. The molecule has 0 bridgehead atoms. The van der Waals surface area contributed by atoms with Gasteiger partial charge in [0.25, 0.3) is 5.91 Å². The molecule has 2 rings (SSSR count). The summed E-state index contributed by atoms with van der Waals surface area (Å²) in [6.07, 6.45) is -2.13. The first kappa shape index (κ1) is 27.5. The fourth-order valence-corrected chi connectivity index (χ4v) is 4.76. The van der Waals surface area contributed by atoms with Crippen LogP contribution >= 0.6 is 47.8 Å². The van der Waals surface area contributed by atoms with Crippen molar-refractivity contribution >= 4 is 65.7 Å². The van der Waals surface area contributed by atoms with Crippen LogP contribution in [0, 0.1) is 0 Å². The second kappa shape index (κ2) is 12.1. The van der Waals surface area contributed by atoms with Gasteiger partial charge in [-0.2, -0.15) is 13.2 Å². The molecular weight excluding hydrogens is 640 g/mol. The lowest BCUT2D eigenvalue weighted by Gasteiger charge is -2.18. The average Bonchev–Trinajstić information content (AvgIpc) is 2.70. The van der Waals surface area contributed by atoms with Crippen molar-refractivity contribution in [1.29, 1.82) is 0 Å². The van der Waals surface area contributed by atoms with E-state index in [9.17, 15) is 27.2 Å². The van der Waals surface area contributed by atoms with E-state index in [-0.39, 0.29) is 17.7 Å². The summed E-state index contributed by atoms with van der Waals surface area (Å²) in [5, 5.41) is 4.81. The van der Waals surface area contributed by atoms with Gasteiger partial charge in [0.05, 0.1) is 11.5 Å². The Kier molecular flexibility index (Phi) is 10.1. The highest BCUT2D eigenvalue weighted by molar-refractivity contribution is 9.11. The van der Waals surface area contributed by atoms with E-state index >= 15 is 0 Å². The second-order valence-electron chi connectivity index (χ2n) is 7.00. The Bertz CT molecular complexity index is 1020. The van der Waals surface area contributed by atoms with Gasteiger partial charge in [-0.15, -0.1) is 0 Å². The number of allylic oxidation sites excluding steroid dienone is 1. The highest BCUT2D eigenvalue weighted by atomic mass is 79.9. The van der Waals surface area contributed by atoms with Crippen LogP contribution in [-0.2, 0) is 4.79 Å². The Labute approximate surface area is 213 Å². The van der Waals surface area contributed by atoms with E-state index in [4.69, 9.17) is 0 Å². The minimum absolute atomic E-state index is 0.0649. The number of carbonyl (C=O) groups is 2. The van der Waals surface area contributed by atoms with E-state index in [1.165, 1.54) is 43.3 Å². The maximum atomic E-state index is 13.7. The van der Waals surface area contributed by atoms with Gasteiger partial charge in [-0.1, -0.05) is 50.1 Å². The third kappa shape index (κ3) is 8.22. The van der Waals surface area contributed by atoms with Crippen LogP contribution in [0.15, 0.2) is 55.9 Å². The normalized spacial score (nSPS) is 13.6. The van der Waals surface area contributed by atoms with Crippen LogP contribution in [0.3, 0.4) is 0 Å². The van der Waals surface area contributed by atoms with Crippen molar-refractivity contribution in [3.8, 4) is 0 Å². The number of rotatable bonds is 8. The third-order valence-corrected chi connectivity index (χ3v) is 6.02. The van der Waals surface area contributed by atoms with Gasteiger partial charge in [-0.3, -0.25) is 9.59 Å². The van der Waals surface area contributed by atoms with Gasteiger partial charge in [-0.05, 0) is 64.3 Å². The highest BCUT2D eigenvalue weighted by Gasteiger charge is 2.39. The summed E-state index contributed by atoms with van der Waals surface area (Å²) in [5.41, 5.74) is 0.700. The van der Waals surface area contributed by atoms with Crippen LogP contribution < -0.4 is 10.6 Å². The minimum atomic E-state index is -4.51. The smallest absolute Gasteiger partial charge is 0.352 e. The van der Waals surface area contributed by atoms with Gasteiger partial charge in [0.15, 0.2) is 0 Å². The molecule has 0 aliphatic carbocycles. The van der Waals surface area contributed by atoms with Crippen molar-refractivity contribution in [2.24, 2.45) is 0 Å². The topological polar surface area (TPSA) is 58.2 Å². The zero-order chi connectivity index (χ0) is 24.8. The number of carbonyl (C=O) groups excluding carboxylic acids is 2. The lowest BCUT2D eigenvalue weighted by molar-refractivity contribution is -0.139. The van der Waals surface area contributed by atoms with Crippen LogP contribution in [0.1, 0.15) is 34.3 Å². The van der Waals surface area contributed by atoms with Gasteiger partial charge in [-0.25, -0.2) is 4.39 Å². The first-order valence-electron chi connectivity index (χ1n) is 9.57. The molecule has 0 saturated heterocycles. The third-order valence-electron chi connectivity index (χ3n) is 4.45. The number of hydrogen-bond acceptors (Lipinski definition) is 2. The fraction of sp³-hybridized carbons (Fsp3) is 0.273. The molecule has 0 saturated carbocycles. The van der Waals surface area contributed by atoms with Gasteiger partial charge in [0.2, 0.25) is 5.91 Å². The summed E-state index contributed by atoms with van der Waals surface area (Å²) >= 11 is 9.66. The molecule has 0 heterocycles. The lowest BCUT2D eigenvalue weighted by atomic mass is 9.97. The molecule has 4 nitrogen and oxygen atoms in total. The largest absolute Gasteiger partial charge is 0.399 e. The first-order valence-corrected chi connectivity index (χ1v) is 11.9. The van der Waals surface area contributed by atoms with E-state index in [2.05, 4.69) is 58.4 Å². The molecule has 2 amide bonds. The Balaban J connectivity index is 2.20.